The summed E-state index contributed by atoms with van der Waals surface area (Å²) in [6, 6.07) is 57.7. The number of nitrogens with zero attached hydrogens (tertiary/aromatic N) is 20. The minimum absolute atomic E-state index is 0.00932. The van der Waals surface area contributed by atoms with E-state index >= 15 is 0 Å². The first-order valence-corrected chi connectivity index (χ1v) is 41.7. The number of hydrogen-bond donors (Lipinski definition) is 4. The Morgan fingerprint density at radius 2 is 0.792 bits per heavy atom. The first-order valence-electron chi connectivity index (χ1n) is 40.9. The molecule has 2 aliphatic carbocycles. The van der Waals surface area contributed by atoms with Gasteiger partial charge in [0, 0.05) is 127 Å². The van der Waals surface area contributed by atoms with Gasteiger partial charge in [-0.3, -0.25) is 37.7 Å². The fourth-order valence-electron chi connectivity index (χ4n) is 16.5. The van der Waals surface area contributed by atoms with E-state index < -0.39 is 5.82 Å². The summed E-state index contributed by atoms with van der Waals surface area (Å²) in [4.78, 5) is 72.1. The van der Waals surface area contributed by atoms with Crippen molar-refractivity contribution in [3.8, 4) is 33.6 Å². The van der Waals surface area contributed by atoms with E-state index in [9.17, 15) is 23.6 Å². The summed E-state index contributed by atoms with van der Waals surface area (Å²) in [7, 11) is 3.72. The lowest BCUT2D eigenvalue weighted by molar-refractivity contribution is 0.625. The van der Waals surface area contributed by atoms with Crippen molar-refractivity contribution in [3.63, 3.8) is 0 Å². The fourth-order valence-corrected chi connectivity index (χ4v) is 17.0. The Kier molecular flexibility index (Phi) is 21.2. The van der Waals surface area contributed by atoms with E-state index in [1.165, 1.54) is 12.1 Å². The van der Waals surface area contributed by atoms with Crippen LogP contribution in [0.3, 0.4) is 0 Å². The molecular formula is C94H81Cl2FN24O4. The monoisotopic (exact) mass is 1700 g/mol. The minimum Gasteiger partial charge on any atom is -0.374 e. The predicted molar refractivity (Wildman–Crippen MR) is 487 cm³/mol. The number of hydrogen-bond acceptors (Lipinski definition) is 18. The van der Waals surface area contributed by atoms with Crippen molar-refractivity contribution >= 4 is 112 Å². The van der Waals surface area contributed by atoms with Crippen LogP contribution in [0, 0.1) is 5.82 Å². The molecule has 0 radical (unpaired) electrons. The van der Waals surface area contributed by atoms with Gasteiger partial charge in [-0.1, -0.05) is 108 Å². The van der Waals surface area contributed by atoms with Crippen LogP contribution in [0.15, 0.2) is 294 Å². The standard InChI is InChI=1S/C27H22FN7O.C24H23N7O.C23H18ClN5O.C20H18ClN5O/c1-17(32-25-9-11-29-24-10-12-30-35(24)25)23-13-18-5-3-8-22(19-15-31-33(2)16-19)26(18)27(36)34(23)21-7-4-6-20(28)14-21;1-15(28-22-8-10-25-21-9-11-26-31(21)22)20-12-16-4-3-5-19(17-13-27-29(2)14-17)23(16)24(32)30(20)18-6-7-18;1-15(27-19-10-11-26-28-13-12-25-22(19)28)20-14-16-6-5-9-18(24)21(16)23(30)29(20)17-7-3-2-4-8-17;1-12(24-16-7-8-23-25-10-9-22-19(16)25)17-11-13-3-2-4-15(21)18(13)20(27)26(17)14-5-6-14/h3-17,32H,1-2H3;3-5,8-15,18,28H,6-7H2,1-2H3;2-15,27H,1H3;2-4,7-12,14,24H,5-6H2,1H3/t17-;2*15-;12-/m0000/s1. The first-order chi connectivity index (χ1) is 60.9. The topological polar surface area (TPSA) is 293 Å². The van der Waals surface area contributed by atoms with E-state index in [0.29, 0.717) is 43.2 Å². The SMILES string of the molecule is C[C@H](Nc1ccnc2ccnn12)c1cc2cccc(-c3cnn(C)c3)c2c(=O)n1-c1cccc(F)c1.C[C@H](Nc1ccnc2ccnn12)c1cc2cccc(-c3cnn(C)c3)c2c(=O)n1C1CC1.C[C@H](Nc1ccnn2ccnc12)c1cc2cccc(Cl)c2c(=O)n1-c1ccccc1.C[C@H](Nc1ccnn2ccnc12)c1cc2cccc(Cl)c2c(=O)n1C1CC1. The second kappa shape index (κ2) is 33.3. The van der Waals surface area contributed by atoms with Crippen molar-refractivity contribution in [3.05, 3.63) is 355 Å². The molecule has 2 saturated carbocycles. The summed E-state index contributed by atoms with van der Waals surface area (Å²) in [6.45, 7) is 8.12. The highest BCUT2D eigenvalue weighted by atomic mass is 35.5. The maximum Gasteiger partial charge on any atom is 0.264 e. The number of fused-ring (bicyclic) bond motifs is 8. The number of nitrogens with one attached hydrogen (secondary N) is 4. The zero-order valence-electron chi connectivity index (χ0n) is 68.5. The molecule has 0 spiro atoms. The molecule has 0 aliphatic heterocycles. The van der Waals surface area contributed by atoms with Gasteiger partial charge in [0.25, 0.3) is 22.2 Å². The second-order valence-electron chi connectivity index (χ2n) is 31.1. The van der Waals surface area contributed by atoms with Crippen LogP contribution in [0.5, 0.6) is 0 Å². The molecule has 622 valence electrons. The van der Waals surface area contributed by atoms with Gasteiger partial charge in [-0.2, -0.15) is 39.6 Å². The summed E-state index contributed by atoms with van der Waals surface area (Å²) in [5.41, 5.74) is 12.5. The Morgan fingerprint density at radius 3 is 1.28 bits per heavy atom. The third kappa shape index (κ3) is 15.5. The molecule has 4 N–H and O–H groups in total. The molecule has 2 aliphatic rings. The van der Waals surface area contributed by atoms with E-state index in [1.807, 2.05) is 201 Å². The molecule has 28 nitrogen and oxygen atoms in total. The summed E-state index contributed by atoms with van der Waals surface area (Å²) in [6.07, 6.45) is 28.8. The Hall–Kier alpha value is -15.2. The molecule has 0 amide bonds. The number of benzene rings is 6. The van der Waals surface area contributed by atoms with E-state index in [-0.39, 0.29) is 58.5 Å². The molecule has 0 bridgehead atoms. The number of rotatable bonds is 18. The zero-order valence-corrected chi connectivity index (χ0v) is 70.0. The summed E-state index contributed by atoms with van der Waals surface area (Å²) in [5, 5.41) is 46.5. The van der Waals surface area contributed by atoms with Crippen LogP contribution >= 0.6 is 23.2 Å². The lowest BCUT2D eigenvalue weighted by atomic mass is 9.99. The van der Waals surface area contributed by atoms with Crippen LogP contribution in [0.25, 0.3) is 99.3 Å². The second-order valence-corrected chi connectivity index (χ2v) is 32.0. The number of imidazole rings is 2. The highest BCUT2D eigenvalue weighted by molar-refractivity contribution is 6.36. The molecule has 0 unspecified atom stereocenters. The van der Waals surface area contributed by atoms with E-state index in [0.717, 1.165) is 138 Å². The van der Waals surface area contributed by atoms with Crippen molar-refractivity contribution in [1.82, 2.24) is 96.2 Å². The molecule has 14 heterocycles. The van der Waals surface area contributed by atoms with Gasteiger partial charge in [-0.05, 0) is 177 Å². The van der Waals surface area contributed by atoms with Crippen molar-refractivity contribution in [2.45, 2.75) is 89.6 Å². The molecule has 125 heavy (non-hydrogen) atoms. The number of aryl methyl sites for hydroxylation is 2. The third-order valence-corrected chi connectivity index (χ3v) is 23.3. The number of para-hydroxylation sites is 1. The van der Waals surface area contributed by atoms with Gasteiger partial charge >= 0.3 is 0 Å². The van der Waals surface area contributed by atoms with E-state index in [1.54, 1.807) is 123 Å². The first kappa shape index (κ1) is 79.6. The van der Waals surface area contributed by atoms with Gasteiger partial charge < -0.3 is 30.4 Å². The van der Waals surface area contributed by atoms with Gasteiger partial charge in [0.05, 0.1) is 110 Å². The number of pyridine rings is 4. The van der Waals surface area contributed by atoms with Crippen LogP contribution in [-0.4, -0.2) is 96.2 Å². The van der Waals surface area contributed by atoms with Gasteiger partial charge in [-0.15, -0.1) is 0 Å². The summed E-state index contributed by atoms with van der Waals surface area (Å²) < 4.78 is 31.9. The van der Waals surface area contributed by atoms with Crippen molar-refractivity contribution in [1.29, 1.82) is 0 Å². The van der Waals surface area contributed by atoms with Crippen LogP contribution in [-0.2, 0) is 14.1 Å². The van der Waals surface area contributed by atoms with Crippen molar-refractivity contribution in [2.75, 3.05) is 21.3 Å². The number of anilines is 4. The van der Waals surface area contributed by atoms with Crippen LogP contribution in [0.2, 0.25) is 10.0 Å². The normalized spacial score (nSPS) is 13.6. The largest absolute Gasteiger partial charge is 0.374 e. The Labute approximate surface area is 721 Å². The summed E-state index contributed by atoms with van der Waals surface area (Å²) >= 11 is 12.7. The highest BCUT2D eigenvalue weighted by Crippen LogP contribution is 2.41. The lowest BCUT2D eigenvalue weighted by Crippen LogP contribution is -2.26. The molecule has 14 aromatic heterocycles. The number of aromatic nitrogens is 20. The summed E-state index contributed by atoms with van der Waals surface area (Å²) in [5.74, 6) is 1.14. The molecule has 4 atom stereocenters. The van der Waals surface area contributed by atoms with Gasteiger partial charge in [0.2, 0.25) is 0 Å². The smallest absolute Gasteiger partial charge is 0.264 e. The minimum atomic E-state index is -0.418. The maximum absolute atomic E-state index is 14.3. The van der Waals surface area contributed by atoms with Crippen molar-refractivity contribution in [2.24, 2.45) is 14.1 Å². The Balaban J connectivity index is 0.000000110. The molecule has 6 aromatic carbocycles. The van der Waals surface area contributed by atoms with E-state index in [2.05, 4.69) is 97.8 Å². The predicted octanol–water partition coefficient (Wildman–Crippen LogP) is 17.8. The average Bonchev–Trinajstić information content (AvgIpc) is 1.53. The Bertz CT molecular complexity index is 7790. The molecule has 2 fully saturated rings. The van der Waals surface area contributed by atoms with Crippen molar-refractivity contribution < 1.29 is 4.39 Å². The van der Waals surface area contributed by atoms with E-state index in [4.69, 9.17) is 23.2 Å². The molecule has 31 heteroatoms. The highest BCUT2D eigenvalue weighted by Gasteiger charge is 2.33. The molecule has 0 saturated heterocycles. The van der Waals surface area contributed by atoms with Crippen LogP contribution in [0.1, 0.15) is 112 Å². The van der Waals surface area contributed by atoms with Gasteiger partial charge in [0.1, 0.15) is 17.5 Å². The quantitative estimate of drug-likeness (QED) is 0.0621. The Morgan fingerprint density at radius 1 is 0.384 bits per heavy atom. The maximum atomic E-state index is 14.3. The fraction of sp³-hybridized carbons (Fsp3) is 0.170. The molecule has 20 aromatic rings. The lowest BCUT2D eigenvalue weighted by Gasteiger charge is -2.22. The third-order valence-electron chi connectivity index (χ3n) is 22.6. The van der Waals surface area contributed by atoms with Gasteiger partial charge in [-0.25, -0.2) is 33.4 Å². The zero-order chi connectivity index (χ0) is 85.8. The number of halogens is 3. The molecular weight excluding hydrogens is 1620 g/mol. The van der Waals surface area contributed by atoms with Crippen LogP contribution < -0.4 is 43.5 Å². The van der Waals surface area contributed by atoms with Gasteiger partial charge in [0.15, 0.2) is 22.6 Å². The van der Waals surface area contributed by atoms with Crippen LogP contribution in [0.4, 0.5) is 27.4 Å². The average molecular weight is 1700 g/mol. The molecule has 22 rings (SSSR count).